The number of amides is 1. The molecule has 2 aromatic carbocycles. The standard InChI is InChI=1S/C27H28F9N3O2.2ClH/c28-22-2-1-17(12-23(22)40)11-21-16-38(8-7-37-5-3-25(29,30)4-6-37)9-10-39(21)24(41)18-13-19(26(31,32)33)15-20(14-18)27(34,35)36;;/h1-2,12-15,21,40H,3-11,16H2;2*1H/t21-;;/m1../s1. The molecule has 4 rings (SSSR count). The molecule has 0 radical (unpaired) electrons. The average Bonchev–Trinajstić information content (AvgIpc) is 2.88. The number of nitrogens with zero attached hydrogens (tertiary/aromatic N) is 3. The second-order valence-corrected chi connectivity index (χ2v) is 10.4. The summed E-state index contributed by atoms with van der Waals surface area (Å²) in [6.45, 7) is 1.68. The molecule has 2 aliphatic heterocycles. The Morgan fingerprint density at radius 3 is 1.93 bits per heavy atom. The van der Waals surface area contributed by atoms with Gasteiger partial charge < -0.3 is 14.9 Å². The third-order valence-electron chi connectivity index (χ3n) is 7.46. The number of hydrogen-bond donors (Lipinski definition) is 1. The van der Waals surface area contributed by atoms with Crippen molar-refractivity contribution in [3.63, 3.8) is 0 Å². The summed E-state index contributed by atoms with van der Waals surface area (Å²) in [5, 5.41) is 9.78. The van der Waals surface area contributed by atoms with Gasteiger partial charge in [-0.1, -0.05) is 6.07 Å². The number of alkyl halides is 8. The fraction of sp³-hybridized carbons (Fsp3) is 0.519. The van der Waals surface area contributed by atoms with Crippen LogP contribution in [-0.2, 0) is 18.8 Å². The molecule has 2 fully saturated rings. The SMILES string of the molecule is Cl.Cl.O=C(c1cc(C(F)(F)F)cc(C(F)(F)F)c1)N1CCN(CCN2CCC(F)(F)CC2)C[C@H]1Cc1ccc(F)c(O)c1. The van der Waals surface area contributed by atoms with E-state index in [2.05, 4.69) is 0 Å². The molecule has 2 aromatic rings. The molecular weight excluding hydrogens is 640 g/mol. The number of carbonyl (C=O) groups is 1. The highest BCUT2D eigenvalue weighted by Crippen LogP contribution is 2.37. The van der Waals surface area contributed by atoms with Gasteiger partial charge in [0.25, 0.3) is 11.8 Å². The predicted octanol–water partition coefficient (Wildman–Crippen LogP) is 6.51. The van der Waals surface area contributed by atoms with Gasteiger partial charge in [0.15, 0.2) is 11.6 Å². The van der Waals surface area contributed by atoms with Crippen LogP contribution in [0.3, 0.4) is 0 Å². The number of rotatable bonds is 6. The van der Waals surface area contributed by atoms with Crippen LogP contribution in [0.25, 0.3) is 0 Å². The molecule has 0 unspecified atom stereocenters. The molecule has 43 heavy (non-hydrogen) atoms. The van der Waals surface area contributed by atoms with Gasteiger partial charge in [-0.25, -0.2) is 13.2 Å². The van der Waals surface area contributed by atoms with E-state index in [1.165, 1.54) is 11.0 Å². The number of carbonyl (C=O) groups excluding carboxylic acids is 1. The van der Waals surface area contributed by atoms with Crippen molar-refractivity contribution in [1.82, 2.24) is 14.7 Å². The first-order valence-corrected chi connectivity index (χ1v) is 12.9. The molecule has 2 heterocycles. The molecule has 0 spiro atoms. The summed E-state index contributed by atoms with van der Waals surface area (Å²) in [5.74, 6) is -5.27. The number of piperazine rings is 1. The molecule has 242 valence electrons. The number of piperidine rings is 1. The molecule has 1 atom stereocenters. The number of benzene rings is 2. The van der Waals surface area contributed by atoms with Crippen molar-refractivity contribution >= 4 is 30.7 Å². The summed E-state index contributed by atoms with van der Waals surface area (Å²) in [6, 6.07) is 3.47. The van der Waals surface area contributed by atoms with Crippen molar-refractivity contribution in [3.05, 3.63) is 64.5 Å². The lowest BCUT2D eigenvalue weighted by molar-refractivity contribution is -0.143. The average molecular weight is 670 g/mol. The Labute approximate surface area is 254 Å². The highest BCUT2D eigenvalue weighted by molar-refractivity contribution is 5.95. The molecule has 16 heteroatoms. The first-order valence-electron chi connectivity index (χ1n) is 12.9. The maximum absolute atomic E-state index is 13.6. The monoisotopic (exact) mass is 669 g/mol. The highest BCUT2D eigenvalue weighted by Gasteiger charge is 2.39. The smallest absolute Gasteiger partial charge is 0.416 e. The van der Waals surface area contributed by atoms with E-state index >= 15 is 0 Å². The number of phenols is 1. The normalized spacial score (nSPS) is 19.8. The van der Waals surface area contributed by atoms with Crippen molar-refractivity contribution in [2.75, 3.05) is 45.8 Å². The predicted molar refractivity (Wildman–Crippen MR) is 145 cm³/mol. The number of aromatic hydroxyl groups is 1. The maximum atomic E-state index is 13.6. The van der Waals surface area contributed by atoms with Gasteiger partial charge in [0.2, 0.25) is 0 Å². The summed E-state index contributed by atoms with van der Waals surface area (Å²) < 4.78 is 121. The lowest BCUT2D eigenvalue weighted by atomic mass is 9.98. The fourth-order valence-corrected chi connectivity index (χ4v) is 5.15. The summed E-state index contributed by atoms with van der Waals surface area (Å²) in [6.07, 6.45) is -10.8. The van der Waals surface area contributed by atoms with Crippen LogP contribution in [0, 0.1) is 5.82 Å². The Kier molecular flexibility index (Phi) is 12.1. The summed E-state index contributed by atoms with van der Waals surface area (Å²) in [7, 11) is 0. The van der Waals surface area contributed by atoms with Gasteiger partial charge in [-0.05, 0) is 42.3 Å². The zero-order valence-corrected chi connectivity index (χ0v) is 24.2. The van der Waals surface area contributed by atoms with Gasteiger partial charge >= 0.3 is 12.4 Å². The van der Waals surface area contributed by atoms with Gasteiger partial charge in [0.1, 0.15) is 0 Å². The van der Waals surface area contributed by atoms with Crippen molar-refractivity contribution < 1.29 is 49.4 Å². The van der Waals surface area contributed by atoms with E-state index in [4.69, 9.17) is 0 Å². The van der Waals surface area contributed by atoms with Crippen molar-refractivity contribution in [3.8, 4) is 5.75 Å². The van der Waals surface area contributed by atoms with E-state index in [1.807, 2.05) is 9.80 Å². The van der Waals surface area contributed by atoms with Crippen LogP contribution in [0.15, 0.2) is 36.4 Å². The quantitative estimate of drug-likeness (QED) is 0.356. The molecule has 0 saturated carbocycles. The molecule has 5 nitrogen and oxygen atoms in total. The minimum atomic E-state index is -5.13. The Balaban J connectivity index is 0.00000323. The molecule has 0 aliphatic carbocycles. The zero-order chi connectivity index (χ0) is 30.2. The van der Waals surface area contributed by atoms with Crippen LogP contribution >= 0.6 is 24.8 Å². The molecule has 1 N–H and O–H groups in total. The zero-order valence-electron chi connectivity index (χ0n) is 22.5. The van der Waals surface area contributed by atoms with Crippen LogP contribution in [-0.4, -0.2) is 83.5 Å². The lowest BCUT2D eigenvalue weighted by Crippen LogP contribution is -2.57. The summed E-state index contributed by atoms with van der Waals surface area (Å²) in [4.78, 5) is 18.4. The van der Waals surface area contributed by atoms with E-state index in [-0.39, 0.29) is 82.9 Å². The Morgan fingerprint density at radius 2 is 1.40 bits per heavy atom. The topological polar surface area (TPSA) is 47.0 Å². The second kappa shape index (κ2) is 14.1. The number of halogens is 11. The van der Waals surface area contributed by atoms with Gasteiger partial charge in [-0.15, -0.1) is 24.8 Å². The van der Waals surface area contributed by atoms with E-state index in [9.17, 15) is 49.4 Å². The molecule has 0 aromatic heterocycles. The van der Waals surface area contributed by atoms with Crippen molar-refractivity contribution in [2.24, 2.45) is 0 Å². The van der Waals surface area contributed by atoms with Crippen molar-refractivity contribution in [1.29, 1.82) is 0 Å². The second-order valence-electron chi connectivity index (χ2n) is 10.4. The number of phenolic OH excluding ortho intramolecular Hbond substituents is 1. The van der Waals surface area contributed by atoms with E-state index in [0.29, 0.717) is 30.8 Å². The molecule has 0 bridgehead atoms. The van der Waals surface area contributed by atoms with E-state index in [1.54, 1.807) is 0 Å². The van der Waals surface area contributed by atoms with Gasteiger partial charge in [0, 0.05) is 70.3 Å². The Morgan fingerprint density at radius 1 is 0.837 bits per heavy atom. The maximum Gasteiger partial charge on any atom is 0.416 e. The largest absolute Gasteiger partial charge is 0.505 e. The third-order valence-corrected chi connectivity index (χ3v) is 7.46. The summed E-state index contributed by atoms with van der Waals surface area (Å²) >= 11 is 0. The lowest BCUT2D eigenvalue weighted by Gasteiger charge is -2.42. The van der Waals surface area contributed by atoms with Crippen LogP contribution in [0.4, 0.5) is 39.5 Å². The first kappa shape index (κ1) is 36.8. The molecule has 2 aliphatic rings. The summed E-state index contributed by atoms with van der Waals surface area (Å²) in [5.41, 5.74) is -3.60. The molecule has 2 saturated heterocycles. The van der Waals surface area contributed by atoms with Crippen LogP contribution < -0.4 is 0 Å². The number of likely N-dealkylation sites (tertiary alicyclic amines) is 1. The minimum Gasteiger partial charge on any atom is -0.505 e. The van der Waals surface area contributed by atoms with E-state index in [0.717, 1.165) is 12.1 Å². The van der Waals surface area contributed by atoms with E-state index < -0.39 is 58.5 Å². The van der Waals surface area contributed by atoms with Crippen molar-refractivity contribution in [2.45, 2.75) is 43.6 Å². The Bertz CT molecular complexity index is 1220. The van der Waals surface area contributed by atoms with Gasteiger partial charge in [0.05, 0.1) is 11.1 Å². The molecule has 1 amide bonds. The minimum absolute atomic E-state index is 0. The molecular formula is C27H30Cl2F9N3O2. The van der Waals surface area contributed by atoms with Crippen LogP contribution in [0.1, 0.15) is 39.9 Å². The highest BCUT2D eigenvalue weighted by atomic mass is 35.5. The third kappa shape index (κ3) is 9.53. The fourth-order valence-electron chi connectivity index (χ4n) is 5.15. The Hall–Kier alpha value is -2.42. The van der Waals surface area contributed by atoms with Crippen LogP contribution in [0.5, 0.6) is 5.75 Å². The number of hydrogen-bond acceptors (Lipinski definition) is 4. The first-order chi connectivity index (χ1) is 19.0. The van der Waals surface area contributed by atoms with Gasteiger partial charge in [-0.2, -0.15) is 26.3 Å². The van der Waals surface area contributed by atoms with Gasteiger partial charge in [-0.3, -0.25) is 9.69 Å². The van der Waals surface area contributed by atoms with Crippen LogP contribution in [0.2, 0.25) is 0 Å².